The normalized spacial score (nSPS) is 12.4. The third-order valence-corrected chi connectivity index (χ3v) is 2.66. The van der Waals surface area contributed by atoms with E-state index in [1.54, 1.807) is 6.07 Å². The Labute approximate surface area is 97.5 Å². The quantitative estimate of drug-likeness (QED) is 0.740. The standard InChI is InChI=1S/C14H19NO/c1-4-10-15(11-5-2)12(3)13-8-6-7-9-14(13)16/h4-9,12,16H,1-2,10-11H2,3H3. The van der Waals surface area contributed by atoms with Crippen molar-refractivity contribution in [2.45, 2.75) is 13.0 Å². The van der Waals surface area contributed by atoms with E-state index in [1.165, 1.54) is 0 Å². The molecular formula is C14H19NO. The van der Waals surface area contributed by atoms with Gasteiger partial charge >= 0.3 is 0 Å². The molecule has 0 spiro atoms. The van der Waals surface area contributed by atoms with Gasteiger partial charge in [0.25, 0.3) is 0 Å². The molecule has 0 aromatic heterocycles. The third-order valence-electron chi connectivity index (χ3n) is 2.66. The minimum Gasteiger partial charge on any atom is -0.508 e. The number of hydrogen-bond acceptors (Lipinski definition) is 2. The van der Waals surface area contributed by atoms with E-state index in [0.29, 0.717) is 5.75 Å². The Bertz CT molecular complexity index is 350. The summed E-state index contributed by atoms with van der Waals surface area (Å²) >= 11 is 0. The van der Waals surface area contributed by atoms with Crippen molar-refractivity contribution in [3.63, 3.8) is 0 Å². The highest BCUT2D eigenvalue weighted by Gasteiger charge is 2.15. The number of phenolic OH excluding ortho intramolecular Hbond substituents is 1. The predicted molar refractivity (Wildman–Crippen MR) is 68.5 cm³/mol. The smallest absolute Gasteiger partial charge is 0.120 e. The Hall–Kier alpha value is -1.54. The summed E-state index contributed by atoms with van der Waals surface area (Å²) in [7, 11) is 0. The summed E-state index contributed by atoms with van der Waals surface area (Å²) in [6, 6.07) is 7.57. The van der Waals surface area contributed by atoms with Crippen LogP contribution >= 0.6 is 0 Å². The van der Waals surface area contributed by atoms with Crippen LogP contribution in [-0.4, -0.2) is 23.1 Å². The maximum atomic E-state index is 9.79. The van der Waals surface area contributed by atoms with E-state index in [1.807, 2.05) is 30.4 Å². The van der Waals surface area contributed by atoms with Crippen LogP contribution in [0.1, 0.15) is 18.5 Å². The molecule has 0 aliphatic heterocycles. The molecule has 0 fully saturated rings. The molecule has 1 aromatic rings. The topological polar surface area (TPSA) is 23.5 Å². The summed E-state index contributed by atoms with van der Waals surface area (Å²) in [4.78, 5) is 2.19. The number of phenols is 1. The summed E-state index contributed by atoms with van der Waals surface area (Å²) < 4.78 is 0. The van der Waals surface area contributed by atoms with E-state index in [2.05, 4.69) is 25.0 Å². The van der Waals surface area contributed by atoms with Gasteiger partial charge in [0, 0.05) is 24.7 Å². The lowest BCUT2D eigenvalue weighted by Gasteiger charge is -2.27. The van der Waals surface area contributed by atoms with Crippen LogP contribution in [-0.2, 0) is 0 Å². The second-order valence-corrected chi connectivity index (χ2v) is 3.77. The molecule has 0 amide bonds. The molecule has 86 valence electrons. The monoisotopic (exact) mass is 217 g/mol. The molecule has 16 heavy (non-hydrogen) atoms. The number of para-hydroxylation sites is 1. The number of hydrogen-bond donors (Lipinski definition) is 1. The first-order chi connectivity index (χ1) is 7.70. The fourth-order valence-corrected chi connectivity index (χ4v) is 1.76. The zero-order valence-electron chi connectivity index (χ0n) is 9.76. The average molecular weight is 217 g/mol. The molecule has 0 aliphatic rings. The second kappa shape index (κ2) is 6.13. The van der Waals surface area contributed by atoms with Gasteiger partial charge in [0.05, 0.1) is 0 Å². The summed E-state index contributed by atoms with van der Waals surface area (Å²) in [6.45, 7) is 11.1. The van der Waals surface area contributed by atoms with Crippen molar-refractivity contribution in [3.8, 4) is 5.75 Å². The number of aromatic hydroxyl groups is 1. The van der Waals surface area contributed by atoms with Crippen molar-refractivity contribution in [1.29, 1.82) is 0 Å². The van der Waals surface area contributed by atoms with Gasteiger partial charge in [0.2, 0.25) is 0 Å². The van der Waals surface area contributed by atoms with Gasteiger partial charge in [0.15, 0.2) is 0 Å². The van der Waals surface area contributed by atoms with Crippen molar-refractivity contribution in [2.75, 3.05) is 13.1 Å². The van der Waals surface area contributed by atoms with E-state index < -0.39 is 0 Å². The Morgan fingerprint density at radius 1 is 1.25 bits per heavy atom. The van der Waals surface area contributed by atoms with Crippen molar-refractivity contribution < 1.29 is 5.11 Å². The number of rotatable bonds is 6. The third kappa shape index (κ3) is 2.97. The van der Waals surface area contributed by atoms with Gasteiger partial charge in [-0.2, -0.15) is 0 Å². The van der Waals surface area contributed by atoms with Gasteiger partial charge in [-0.3, -0.25) is 4.90 Å². The molecule has 1 rings (SSSR count). The van der Waals surface area contributed by atoms with Gasteiger partial charge in [0.1, 0.15) is 5.75 Å². The highest BCUT2D eigenvalue weighted by Crippen LogP contribution is 2.27. The molecule has 0 bridgehead atoms. The van der Waals surface area contributed by atoms with Gasteiger partial charge in [-0.05, 0) is 13.0 Å². The Kier molecular flexibility index (Phi) is 4.80. The van der Waals surface area contributed by atoms with Crippen LogP contribution in [0.4, 0.5) is 0 Å². The summed E-state index contributed by atoms with van der Waals surface area (Å²) in [5, 5.41) is 9.79. The molecule has 0 aliphatic carbocycles. The molecule has 0 saturated carbocycles. The highest BCUT2D eigenvalue weighted by molar-refractivity contribution is 5.34. The van der Waals surface area contributed by atoms with Crippen LogP contribution in [0.3, 0.4) is 0 Å². The molecule has 0 heterocycles. The van der Waals surface area contributed by atoms with E-state index in [9.17, 15) is 5.11 Å². The van der Waals surface area contributed by atoms with Gasteiger partial charge in [-0.25, -0.2) is 0 Å². The summed E-state index contributed by atoms with van der Waals surface area (Å²) in [5.74, 6) is 0.341. The molecule has 2 nitrogen and oxygen atoms in total. The molecule has 1 aromatic carbocycles. The van der Waals surface area contributed by atoms with Crippen molar-refractivity contribution >= 4 is 0 Å². The number of benzene rings is 1. The molecule has 0 saturated heterocycles. The first-order valence-corrected chi connectivity index (χ1v) is 5.44. The number of nitrogens with zero attached hydrogens (tertiary/aromatic N) is 1. The van der Waals surface area contributed by atoms with Crippen molar-refractivity contribution in [2.24, 2.45) is 0 Å². The van der Waals surface area contributed by atoms with E-state index >= 15 is 0 Å². The fourth-order valence-electron chi connectivity index (χ4n) is 1.76. The Balaban J connectivity index is 2.88. The fraction of sp³-hybridized carbons (Fsp3) is 0.286. The van der Waals surface area contributed by atoms with Crippen LogP contribution in [0, 0.1) is 0 Å². The molecule has 0 radical (unpaired) electrons. The molecule has 1 N–H and O–H groups in total. The van der Waals surface area contributed by atoms with Crippen molar-refractivity contribution in [3.05, 3.63) is 55.1 Å². The molecule has 2 heteroatoms. The first-order valence-electron chi connectivity index (χ1n) is 5.44. The molecule has 1 atom stereocenters. The zero-order valence-corrected chi connectivity index (χ0v) is 9.76. The Morgan fingerprint density at radius 2 is 1.81 bits per heavy atom. The summed E-state index contributed by atoms with van der Waals surface area (Å²) in [6.07, 6.45) is 3.72. The zero-order chi connectivity index (χ0) is 12.0. The lowest BCUT2D eigenvalue weighted by molar-refractivity contribution is 0.255. The largest absolute Gasteiger partial charge is 0.508 e. The first kappa shape index (κ1) is 12.5. The second-order valence-electron chi connectivity index (χ2n) is 3.77. The highest BCUT2D eigenvalue weighted by atomic mass is 16.3. The van der Waals surface area contributed by atoms with Crippen LogP contribution < -0.4 is 0 Å². The van der Waals surface area contributed by atoms with Crippen LogP contribution in [0.25, 0.3) is 0 Å². The van der Waals surface area contributed by atoms with Crippen LogP contribution in [0.5, 0.6) is 5.75 Å². The minimum absolute atomic E-state index is 0.150. The molecule has 1 unspecified atom stereocenters. The Morgan fingerprint density at radius 3 is 2.31 bits per heavy atom. The maximum absolute atomic E-state index is 9.79. The minimum atomic E-state index is 0.150. The average Bonchev–Trinajstić information content (AvgIpc) is 2.28. The van der Waals surface area contributed by atoms with E-state index in [4.69, 9.17) is 0 Å². The SMILES string of the molecule is C=CCN(CC=C)C(C)c1ccccc1O. The van der Waals surface area contributed by atoms with Gasteiger partial charge in [-0.1, -0.05) is 30.4 Å². The predicted octanol–water partition coefficient (Wildman–Crippen LogP) is 3.13. The van der Waals surface area contributed by atoms with Gasteiger partial charge < -0.3 is 5.11 Å². The van der Waals surface area contributed by atoms with E-state index in [0.717, 1.165) is 18.7 Å². The van der Waals surface area contributed by atoms with Crippen LogP contribution in [0.15, 0.2) is 49.6 Å². The lowest BCUT2D eigenvalue weighted by Crippen LogP contribution is -2.27. The van der Waals surface area contributed by atoms with Gasteiger partial charge in [-0.15, -0.1) is 13.2 Å². The maximum Gasteiger partial charge on any atom is 0.120 e. The molecular weight excluding hydrogens is 198 g/mol. The van der Waals surface area contributed by atoms with Crippen LogP contribution in [0.2, 0.25) is 0 Å². The van der Waals surface area contributed by atoms with Crippen molar-refractivity contribution in [1.82, 2.24) is 4.90 Å². The van der Waals surface area contributed by atoms with E-state index in [-0.39, 0.29) is 6.04 Å². The lowest BCUT2D eigenvalue weighted by atomic mass is 10.1. The summed E-state index contributed by atoms with van der Waals surface area (Å²) in [5.41, 5.74) is 0.936.